The molecule has 0 radical (unpaired) electrons. The van der Waals surface area contributed by atoms with Crippen LogP contribution < -0.4 is 10.2 Å². The fraction of sp³-hybridized carbons (Fsp3) is 0.500. The van der Waals surface area contributed by atoms with E-state index in [9.17, 15) is 0 Å². The average Bonchev–Trinajstić information content (AvgIpc) is 2.18. The average molecular weight is 225 g/mol. The van der Waals surface area contributed by atoms with Crippen molar-refractivity contribution in [2.75, 3.05) is 16.8 Å². The summed E-state index contributed by atoms with van der Waals surface area (Å²) in [7, 11) is 0. The van der Waals surface area contributed by atoms with Gasteiger partial charge in [0.1, 0.15) is 0 Å². The van der Waals surface area contributed by atoms with E-state index < -0.39 is 0 Å². The quantitative estimate of drug-likeness (QED) is 0.787. The summed E-state index contributed by atoms with van der Waals surface area (Å²) in [5.41, 5.74) is 2.29. The van der Waals surface area contributed by atoms with Gasteiger partial charge in [0.15, 0.2) is 0 Å². The number of nitrogens with zero attached hydrogens (tertiary/aromatic N) is 1. The zero-order valence-corrected chi connectivity index (χ0v) is 10.2. The van der Waals surface area contributed by atoms with E-state index in [2.05, 4.69) is 37.1 Å². The zero-order chi connectivity index (χ0) is 11.0. The van der Waals surface area contributed by atoms with Gasteiger partial charge in [-0.15, -0.1) is 0 Å². The van der Waals surface area contributed by atoms with Crippen molar-refractivity contribution in [3.05, 3.63) is 23.2 Å². The summed E-state index contributed by atoms with van der Waals surface area (Å²) in [4.78, 5) is 2.38. The van der Waals surface area contributed by atoms with Crippen LogP contribution >= 0.6 is 11.6 Å². The molecule has 0 bridgehead atoms. The van der Waals surface area contributed by atoms with E-state index in [0.29, 0.717) is 12.1 Å². The van der Waals surface area contributed by atoms with Crippen molar-refractivity contribution in [1.82, 2.24) is 0 Å². The molecule has 0 saturated carbocycles. The van der Waals surface area contributed by atoms with Crippen LogP contribution in [0.5, 0.6) is 0 Å². The minimum Gasteiger partial charge on any atom is -0.381 e. The predicted molar refractivity (Wildman–Crippen MR) is 67.0 cm³/mol. The molecular weight excluding hydrogens is 208 g/mol. The van der Waals surface area contributed by atoms with Crippen LogP contribution in [0.2, 0.25) is 5.02 Å². The minimum absolute atomic E-state index is 0.473. The zero-order valence-electron chi connectivity index (χ0n) is 9.42. The fourth-order valence-electron chi connectivity index (χ4n) is 2.26. The second-order valence-electron chi connectivity index (χ2n) is 4.37. The van der Waals surface area contributed by atoms with Gasteiger partial charge in [-0.3, -0.25) is 0 Å². The van der Waals surface area contributed by atoms with E-state index in [1.54, 1.807) is 0 Å². The molecule has 1 unspecified atom stereocenters. The molecule has 1 aliphatic rings. The second-order valence-corrected chi connectivity index (χ2v) is 4.77. The summed E-state index contributed by atoms with van der Waals surface area (Å²) in [6.45, 7) is 7.61. The third kappa shape index (κ3) is 1.78. The normalized spacial score (nSPS) is 20.1. The molecule has 1 aromatic carbocycles. The number of para-hydroxylation sites is 1. The standard InChI is InChI=1S/C12H17ClN2/c1-8(2)15-9(3)7-14-11-6-4-5-10(13)12(11)15/h4-6,8-9,14H,7H2,1-3H3. The number of halogens is 1. The largest absolute Gasteiger partial charge is 0.381 e. The lowest BCUT2D eigenvalue weighted by Crippen LogP contribution is -2.46. The molecule has 0 aliphatic carbocycles. The Balaban J connectivity index is 2.51. The molecule has 1 N–H and O–H groups in total. The van der Waals surface area contributed by atoms with E-state index >= 15 is 0 Å². The lowest BCUT2D eigenvalue weighted by atomic mass is 10.1. The number of hydrogen-bond donors (Lipinski definition) is 1. The number of nitrogens with one attached hydrogen (secondary N) is 1. The van der Waals surface area contributed by atoms with Crippen molar-refractivity contribution in [2.45, 2.75) is 32.9 Å². The van der Waals surface area contributed by atoms with Crippen molar-refractivity contribution < 1.29 is 0 Å². The van der Waals surface area contributed by atoms with E-state index in [4.69, 9.17) is 11.6 Å². The van der Waals surface area contributed by atoms with Crippen LogP contribution in [0.3, 0.4) is 0 Å². The first kappa shape index (κ1) is 10.6. The maximum absolute atomic E-state index is 6.26. The Bertz CT molecular complexity index is 363. The summed E-state index contributed by atoms with van der Waals surface area (Å²) in [5, 5.41) is 4.25. The first-order chi connectivity index (χ1) is 7.11. The summed E-state index contributed by atoms with van der Waals surface area (Å²) >= 11 is 6.26. The Kier molecular flexibility index (Phi) is 2.79. The Hall–Kier alpha value is -0.890. The van der Waals surface area contributed by atoms with Gasteiger partial charge in [0, 0.05) is 18.6 Å². The van der Waals surface area contributed by atoms with Crippen LogP contribution in [0, 0.1) is 0 Å². The number of fused-ring (bicyclic) bond motifs is 1. The lowest BCUT2D eigenvalue weighted by Gasteiger charge is -2.41. The number of hydrogen-bond acceptors (Lipinski definition) is 2. The summed E-state index contributed by atoms with van der Waals surface area (Å²) in [6, 6.07) is 6.99. The molecule has 2 nitrogen and oxygen atoms in total. The molecule has 0 fully saturated rings. The monoisotopic (exact) mass is 224 g/mol. The van der Waals surface area contributed by atoms with Crippen molar-refractivity contribution >= 4 is 23.0 Å². The molecule has 1 atom stereocenters. The van der Waals surface area contributed by atoms with Crippen LogP contribution in [0.1, 0.15) is 20.8 Å². The highest BCUT2D eigenvalue weighted by Crippen LogP contribution is 2.38. The molecule has 15 heavy (non-hydrogen) atoms. The molecule has 0 aromatic heterocycles. The van der Waals surface area contributed by atoms with Crippen molar-refractivity contribution in [3.8, 4) is 0 Å². The van der Waals surface area contributed by atoms with Gasteiger partial charge in [-0.1, -0.05) is 17.7 Å². The third-order valence-electron chi connectivity index (χ3n) is 2.86. The molecule has 0 amide bonds. The van der Waals surface area contributed by atoms with Gasteiger partial charge < -0.3 is 10.2 Å². The van der Waals surface area contributed by atoms with Crippen LogP contribution in [0.15, 0.2) is 18.2 Å². The van der Waals surface area contributed by atoms with Gasteiger partial charge in [-0.2, -0.15) is 0 Å². The topological polar surface area (TPSA) is 15.3 Å². The first-order valence-electron chi connectivity index (χ1n) is 5.42. The molecular formula is C12H17ClN2. The molecule has 0 saturated heterocycles. The molecule has 1 aromatic rings. The van der Waals surface area contributed by atoms with Crippen molar-refractivity contribution in [3.63, 3.8) is 0 Å². The van der Waals surface area contributed by atoms with E-state index in [0.717, 1.165) is 22.9 Å². The summed E-state index contributed by atoms with van der Waals surface area (Å²) < 4.78 is 0. The number of benzene rings is 1. The number of anilines is 2. The second kappa shape index (κ2) is 3.93. The Morgan fingerprint density at radius 2 is 2.20 bits per heavy atom. The molecule has 1 aliphatic heterocycles. The van der Waals surface area contributed by atoms with E-state index in [1.807, 2.05) is 12.1 Å². The van der Waals surface area contributed by atoms with E-state index in [1.165, 1.54) is 0 Å². The highest BCUT2D eigenvalue weighted by Gasteiger charge is 2.26. The van der Waals surface area contributed by atoms with Gasteiger partial charge >= 0.3 is 0 Å². The lowest BCUT2D eigenvalue weighted by molar-refractivity contribution is 0.580. The Labute approximate surface area is 96.2 Å². The highest BCUT2D eigenvalue weighted by molar-refractivity contribution is 6.34. The van der Waals surface area contributed by atoms with Crippen molar-refractivity contribution in [2.24, 2.45) is 0 Å². The smallest absolute Gasteiger partial charge is 0.0796 e. The minimum atomic E-state index is 0.473. The first-order valence-corrected chi connectivity index (χ1v) is 5.79. The summed E-state index contributed by atoms with van der Waals surface area (Å²) in [6.07, 6.45) is 0. The van der Waals surface area contributed by atoms with Crippen LogP contribution in [0.4, 0.5) is 11.4 Å². The van der Waals surface area contributed by atoms with Gasteiger partial charge in [0.2, 0.25) is 0 Å². The molecule has 1 heterocycles. The maximum atomic E-state index is 6.26. The maximum Gasteiger partial charge on any atom is 0.0796 e. The molecule has 0 spiro atoms. The van der Waals surface area contributed by atoms with Gasteiger partial charge in [0.05, 0.1) is 16.4 Å². The predicted octanol–water partition coefficient (Wildman–Crippen LogP) is 3.37. The van der Waals surface area contributed by atoms with Crippen LogP contribution in [-0.2, 0) is 0 Å². The van der Waals surface area contributed by atoms with Crippen LogP contribution in [-0.4, -0.2) is 18.6 Å². The summed E-state index contributed by atoms with van der Waals surface area (Å²) in [5.74, 6) is 0. The van der Waals surface area contributed by atoms with Gasteiger partial charge in [-0.05, 0) is 32.9 Å². The Morgan fingerprint density at radius 1 is 1.47 bits per heavy atom. The number of rotatable bonds is 1. The SMILES string of the molecule is CC(C)N1c2c(Cl)cccc2NCC1C. The van der Waals surface area contributed by atoms with E-state index in [-0.39, 0.29) is 0 Å². The van der Waals surface area contributed by atoms with Crippen LogP contribution in [0.25, 0.3) is 0 Å². The van der Waals surface area contributed by atoms with Gasteiger partial charge in [0.25, 0.3) is 0 Å². The Morgan fingerprint density at radius 3 is 2.87 bits per heavy atom. The fourth-order valence-corrected chi connectivity index (χ4v) is 2.54. The molecule has 3 heteroatoms. The molecule has 2 rings (SSSR count). The van der Waals surface area contributed by atoms with Gasteiger partial charge in [-0.25, -0.2) is 0 Å². The molecule has 82 valence electrons. The highest BCUT2D eigenvalue weighted by atomic mass is 35.5. The van der Waals surface area contributed by atoms with Crippen molar-refractivity contribution in [1.29, 1.82) is 0 Å². The third-order valence-corrected chi connectivity index (χ3v) is 3.17.